The van der Waals surface area contributed by atoms with Crippen molar-refractivity contribution in [1.82, 2.24) is 5.32 Å². The number of nitrogens with one attached hydrogen (secondary N) is 1. The summed E-state index contributed by atoms with van der Waals surface area (Å²) in [7, 11) is 0. The van der Waals surface area contributed by atoms with Crippen molar-refractivity contribution in [2.45, 2.75) is 4.58 Å². The molecule has 0 spiro atoms. The minimum Gasteiger partial charge on any atom is -0.480 e. The van der Waals surface area contributed by atoms with Crippen molar-refractivity contribution in [3.05, 3.63) is 0 Å². The first kappa shape index (κ1) is 7.24. The maximum atomic E-state index is 10.3. The van der Waals surface area contributed by atoms with Crippen LogP contribution in [0.3, 0.4) is 0 Å². The number of carboxylic acids is 1. The predicted octanol–water partition coefficient (Wildman–Crippen LogP) is 0.382. The van der Waals surface area contributed by atoms with Crippen molar-refractivity contribution in [3.63, 3.8) is 0 Å². The second-order valence-corrected chi connectivity index (χ2v) is 4.03. The van der Waals surface area contributed by atoms with Gasteiger partial charge >= 0.3 is 5.97 Å². The van der Waals surface area contributed by atoms with E-state index in [0.29, 0.717) is 0 Å². The molecular weight excluding hydrogens is 158 g/mol. The van der Waals surface area contributed by atoms with Crippen LogP contribution in [0.25, 0.3) is 0 Å². The van der Waals surface area contributed by atoms with Gasteiger partial charge in [-0.1, -0.05) is 0 Å². The molecule has 1 saturated heterocycles. The molecule has 0 aliphatic carbocycles. The molecule has 3 nitrogen and oxygen atoms in total. The van der Waals surface area contributed by atoms with E-state index in [0.717, 1.165) is 11.8 Å². The highest BCUT2D eigenvalue weighted by Crippen LogP contribution is 2.25. The Labute approximate surface area is 61.6 Å². The monoisotopic (exact) mass is 165 g/mol. The third kappa shape index (κ3) is 2.08. The molecule has 1 rings (SSSR count). The summed E-state index contributed by atoms with van der Waals surface area (Å²) < 4.78 is -0.258. The summed E-state index contributed by atoms with van der Waals surface area (Å²) in [6, 6.07) is 0. The first-order valence-electron chi connectivity index (χ1n) is 2.47. The molecule has 0 aromatic rings. The normalized spacial score (nSPS) is 21.8. The van der Waals surface area contributed by atoms with Crippen molar-refractivity contribution in [2.24, 2.45) is 0 Å². The average molecular weight is 165 g/mol. The smallest absolute Gasteiger partial charge is 0.326 e. The highest BCUT2D eigenvalue weighted by molar-refractivity contribution is 8.18. The second-order valence-electron chi connectivity index (χ2n) is 1.54. The lowest BCUT2D eigenvalue weighted by molar-refractivity contribution is -0.134. The van der Waals surface area contributed by atoms with Crippen molar-refractivity contribution >= 4 is 29.5 Å². The Bertz CT molecular complexity index is 113. The lowest BCUT2D eigenvalue weighted by Gasteiger charge is -2.17. The Morgan fingerprint density at radius 1 is 1.56 bits per heavy atom. The Morgan fingerprint density at radius 2 is 2.11 bits per heavy atom. The Morgan fingerprint density at radius 3 is 2.44 bits per heavy atom. The van der Waals surface area contributed by atoms with Crippen molar-refractivity contribution in [1.29, 1.82) is 0 Å². The van der Waals surface area contributed by atoms with E-state index in [2.05, 4.69) is 5.32 Å². The molecule has 52 valence electrons. The summed E-state index contributed by atoms with van der Waals surface area (Å²) in [6.45, 7) is 0. The van der Waals surface area contributed by atoms with Crippen LogP contribution >= 0.6 is 23.5 Å². The minimum atomic E-state index is -0.716. The van der Waals surface area contributed by atoms with Gasteiger partial charge in [-0.15, -0.1) is 23.5 Å². The number of carboxylic acid groups (broad SMARTS) is 1. The van der Waals surface area contributed by atoms with E-state index in [9.17, 15) is 4.79 Å². The van der Waals surface area contributed by atoms with E-state index >= 15 is 0 Å². The van der Waals surface area contributed by atoms with Gasteiger partial charge in [0.2, 0.25) is 0 Å². The lowest BCUT2D eigenvalue weighted by atomic mass is 10.8. The fraction of sp³-hybridized carbons (Fsp3) is 0.750. The first-order valence-corrected chi connectivity index (χ1v) is 4.57. The van der Waals surface area contributed by atoms with Gasteiger partial charge in [-0.2, -0.15) is 0 Å². The number of aliphatic carboxylic acids is 1. The van der Waals surface area contributed by atoms with Crippen molar-refractivity contribution in [3.8, 4) is 0 Å². The maximum Gasteiger partial charge on any atom is 0.326 e. The van der Waals surface area contributed by atoms with Crippen LogP contribution in [-0.2, 0) is 4.79 Å². The Kier molecular flexibility index (Phi) is 2.68. The summed E-state index contributed by atoms with van der Waals surface area (Å²) >= 11 is 2.85. The summed E-state index contributed by atoms with van der Waals surface area (Å²) in [5, 5.41) is 11.5. The molecule has 0 saturated carbocycles. The van der Waals surface area contributed by atoms with Crippen LogP contribution in [0, 0.1) is 0 Å². The standard InChI is InChI=1S/C4H7NO2S2/c6-3(7)4-8-1-5-2-9-4/h4-5H,1-2H2,(H,6,7). The molecule has 0 aromatic heterocycles. The average Bonchev–Trinajstić information content (AvgIpc) is 1.90. The van der Waals surface area contributed by atoms with E-state index in [1.54, 1.807) is 0 Å². The number of thioether (sulfide) groups is 2. The van der Waals surface area contributed by atoms with Crippen molar-refractivity contribution < 1.29 is 9.90 Å². The number of hydrogen-bond donors (Lipinski definition) is 2. The van der Waals surface area contributed by atoms with Gasteiger partial charge in [-0.3, -0.25) is 10.1 Å². The molecule has 1 aliphatic rings. The fourth-order valence-electron chi connectivity index (χ4n) is 0.502. The van der Waals surface area contributed by atoms with E-state index in [4.69, 9.17) is 5.11 Å². The Hall–Kier alpha value is 0.130. The first-order chi connectivity index (χ1) is 4.30. The van der Waals surface area contributed by atoms with Gasteiger partial charge < -0.3 is 5.11 Å². The number of rotatable bonds is 1. The van der Waals surface area contributed by atoms with Crippen LogP contribution in [-0.4, -0.2) is 27.4 Å². The van der Waals surface area contributed by atoms with Crippen LogP contribution in [0.2, 0.25) is 0 Å². The molecule has 0 bridgehead atoms. The summed E-state index contributed by atoms with van der Waals surface area (Å²) in [5.41, 5.74) is 0. The molecule has 0 amide bonds. The zero-order valence-corrected chi connectivity index (χ0v) is 6.30. The maximum absolute atomic E-state index is 10.3. The van der Waals surface area contributed by atoms with Crippen LogP contribution in [0.5, 0.6) is 0 Å². The summed E-state index contributed by atoms with van der Waals surface area (Å²) in [6.07, 6.45) is 0. The molecule has 0 aromatic carbocycles. The van der Waals surface area contributed by atoms with Crippen LogP contribution in [0.4, 0.5) is 0 Å². The minimum absolute atomic E-state index is 0.258. The van der Waals surface area contributed by atoms with Gasteiger partial charge in [0.15, 0.2) is 4.58 Å². The van der Waals surface area contributed by atoms with E-state index in [1.807, 2.05) is 0 Å². The predicted molar refractivity (Wildman–Crippen MR) is 39.5 cm³/mol. The summed E-state index contributed by atoms with van der Waals surface area (Å²) in [4.78, 5) is 10.3. The van der Waals surface area contributed by atoms with Gasteiger partial charge in [0.05, 0.1) is 0 Å². The molecule has 1 heterocycles. The third-order valence-corrected chi connectivity index (χ3v) is 3.44. The molecule has 0 atom stereocenters. The zero-order valence-electron chi connectivity index (χ0n) is 4.66. The molecule has 1 fully saturated rings. The molecular formula is C4H7NO2S2. The van der Waals surface area contributed by atoms with Gasteiger partial charge in [0, 0.05) is 11.8 Å². The van der Waals surface area contributed by atoms with E-state index in [-0.39, 0.29) is 4.58 Å². The largest absolute Gasteiger partial charge is 0.480 e. The van der Waals surface area contributed by atoms with Crippen molar-refractivity contribution in [2.75, 3.05) is 11.8 Å². The van der Waals surface area contributed by atoms with Gasteiger partial charge in [-0.25, -0.2) is 0 Å². The SMILES string of the molecule is O=C(O)C1SCNCS1. The fourth-order valence-corrected chi connectivity index (χ4v) is 2.45. The Balaban J connectivity index is 2.31. The van der Waals surface area contributed by atoms with Gasteiger partial charge in [-0.05, 0) is 0 Å². The molecule has 0 unspecified atom stereocenters. The number of hydrogen-bond acceptors (Lipinski definition) is 4. The lowest BCUT2D eigenvalue weighted by Crippen LogP contribution is -2.26. The quantitative estimate of drug-likeness (QED) is 0.588. The molecule has 9 heavy (non-hydrogen) atoms. The number of carbonyl (C=O) groups is 1. The molecule has 1 aliphatic heterocycles. The third-order valence-electron chi connectivity index (χ3n) is 0.875. The zero-order chi connectivity index (χ0) is 6.69. The topological polar surface area (TPSA) is 49.3 Å². The van der Waals surface area contributed by atoms with Crippen LogP contribution in [0.1, 0.15) is 0 Å². The molecule has 2 N–H and O–H groups in total. The second kappa shape index (κ2) is 3.34. The van der Waals surface area contributed by atoms with E-state index < -0.39 is 5.97 Å². The summed E-state index contributed by atoms with van der Waals surface area (Å²) in [5.74, 6) is 0.792. The van der Waals surface area contributed by atoms with E-state index in [1.165, 1.54) is 23.5 Å². The van der Waals surface area contributed by atoms with Crippen LogP contribution < -0.4 is 5.32 Å². The molecule has 5 heteroatoms. The van der Waals surface area contributed by atoms with Crippen LogP contribution in [0.15, 0.2) is 0 Å². The highest BCUT2D eigenvalue weighted by atomic mass is 32.2. The highest BCUT2D eigenvalue weighted by Gasteiger charge is 2.20. The van der Waals surface area contributed by atoms with Gasteiger partial charge in [0.25, 0.3) is 0 Å². The molecule has 0 radical (unpaired) electrons. The van der Waals surface area contributed by atoms with Gasteiger partial charge in [0.1, 0.15) is 0 Å².